The fraction of sp³-hybridized carbons (Fsp3) is 0.167. The molecule has 0 bridgehead atoms. The maximum atomic E-state index is 12.9. The van der Waals surface area contributed by atoms with Gasteiger partial charge in [0, 0.05) is 24.7 Å². The van der Waals surface area contributed by atoms with E-state index < -0.39 is 10.0 Å². The molecule has 0 aliphatic carbocycles. The van der Waals surface area contributed by atoms with E-state index in [4.69, 9.17) is 9.47 Å². The van der Waals surface area contributed by atoms with Gasteiger partial charge in [0.2, 0.25) is 6.79 Å². The average molecular weight is 479 g/mol. The largest absolute Gasteiger partial charge is 0.454 e. The second kappa shape index (κ2) is 8.71. The first-order chi connectivity index (χ1) is 16.4. The van der Waals surface area contributed by atoms with Crippen molar-refractivity contribution in [2.45, 2.75) is 18.4 Å². The van der Waals surface area contributed by atoms with Crippen molar-refractivity contribution in [1.29, 1.82) is 0 Å². The lowest BCUT2D eigenvalue weighted by molar-refractivity contribution is 0.0952. The van der Waals surface area contributed by atoms with Crippen LogP contribution in [-0.2, 0) is 16.6 Å². The second-order valence-corrected chi connectivity index (χ2v) is 9.44. The number of imidazole rings is 1. The van der Waals surface area contributed by atoms with Crippen molar-refractivity contribution in [3.63, 3.8) is 0 Å². The molecule has 2 N–H and O–H groups in total. The third-order valence-corrected chi connectivity index (χ3v) is 6.88. The van der Waals surface area contributed by atoms with Gasteiger partial charge in [-0.15, -0.1) is 0 Å². The van der Waals surface area contributed by atoms with Crippen LogP contribution in [0.25, 0.3) is 11.0 Å². The molecule has 0 saturated carbocycles. The Morgan fingerprint density at radius 1 is 1.03 bits per heavy atom. The van der Waals surface area contributed by atoms with Crippen molar-refractivity contribution in [2.75, 3.05) is 18.1 Å². The van der Waals surface area contributed by atoms with E-state index >= 15 is 0 Å². The molecule has 0 fully saturated rings. The molecule has 10 heteroatoms. The lowest BCUT2D eigenvalue weighted by Crippen LogP contribution is -2.27. The molecule has 0 unspecified atom stereocenters. The molecule has 1 aromatic heterocycles. The van der Waals surface area contributed by atoms with Gasteiger partial charge in [-0.25, -0.2) is 13.4 Å². The number of nitrogens with one attached hydrogen (secondary N) is 2. The molecular formula is C24H22N4O5S. The Bertz CT molecular complexity index is 1500. The molecule has 5 rings (SSSR count). The standard InChI is InChI=1S/C24H22N4O5S/c1-16-26-20-7-2-3-8-21(20)28(16)12-11-25-24(29)17-5-4-6-19(13-17)34(30,31)27-18-9-10-22-23(14-18)33-15-32-22/h2-10,13-14,27H,11-12,15H2,1H3,(H,25,29). The van der Waals surface area contributed by atoms with Gasteiger partial charge in [0.25, 0.3) is 15.9 Å². The summed E-state index contributed by atoms with van der Waals surface area (Å²) in [5.74, 6) is 1.52. The molecule has 1 aliphatic heterocycles. The predicted octanol–water partition coefficient (Wildman–Crippen LogP) is 3.30. The van der Waals surface area contributed by atoms with E-state index in [1.54, 1.807) is 24.3 Å². The minimum absolute atomic E-state index is 0.0192. The summed E-state index contributed by atoms with van der Waals surface area (Å²) in [6, 6.07) is 18.5. The van der Waals surface area contributed by atoms with Crippen LogP contribution in [0.1, 0.15) is 16.2 Å². The van der Waals surface area contributed by atoms with Crippen LogP contribution in [0, 0.1) is 6.92 Å². The molecule has 4 aromatic rings. The van der Waals surface area contributed by atoms with Crippen molar-refractivity contribution in [3.8, 4) is 11.5 Å². The topological polar surface area (TPSA) is 112 Å². The highest BCUT2D eigenvalue weighted by Gasteiger charge is 2.19. The van der Waals surface area contributed by atoms with Gasteiger partial charge in [-0.3, -0.25) is 9.52 Å². The first-order valence-corrected chi connectivity index (χ1v) is 12.1. The molecule has 0 spiro atoms. The molecule has 174 valence electrons. The number of nitrogens with zero attached hydrogens (tertiary/aromatic N) is 2. The summed E-state index contributed by atoms with van der Waals surface area (Å²) in [6.07, 6.45) is 0. The number of fused-ring (bicyclic) bond motifs is 2. The number of aryl methyl sites for hydroxylation is 1. The molecule has 2 heterocycles. The zero-order valence-electron chi connectivity index (χ0n) is 18.3. The molecule has 0 atom stereocenters. The number of benzene rings is 3. The summed E-state index contributed by atoms with van der Waals surface area (Å²) >= 11 is 0. The number of rotatable bonds is 7. The van der Waals surface area contributed by atoms with Gasteiger partial charge in [0.15, 0.2) is 11.5 Å². The monoisotopic (exact) mass is 478 g/mol. The van der Waals surface area contributed by atoms with Gasteiger partial charge >= 0.3 is 0 Å². The van der Waals surface area contributed by atoms with Crippen molar-refractivity contribution < 1.29 is 22.7 Å². The maximum Gasteiger partial charge on any atom is 0.261 e. The number of carbonyl (C=O) groups is 1. The van der Waals surface area contributed by atoms with E-state index in [1.807, 2.05) is 35.8 Å². The Kier molecular flexibility index (Phi) is 5.58. The van der Waals surface area contributed by atoms with Crippen LogP contribution in [0.5, 0.6) is 11.5 Å². The number of aromatic nitrogens is 2. The van der Waals surface area contributed by atoms with Gasteiger partial charge in [0.1, 0.15) is 5.82 Å². The van der Waals surface area contributed by atoms with Crippen LogP contribution >= 0.6 is 0 Å². The molecule has 1 aliphatic rings. The van der Waals surface area contributed by atoms with Crippen molar-refractivity contribution in [1.82, 2.24) is 14.9 Å². The van der Waals surface area contributed by atoms with E-state index in [0.717, 1.165) is 16.9 Å². The van der Waals surface area contributed by atoms with Gasteiger partial charge in [0.05, 0.1) is 21.6 Å². The molecule has 9 nitrogen and oxygen atoms in total. The molecular weight excluding hydrogens is 456 g/mol. The smallest absolute Gasteiger partial charge is 0.261 e. The third-order valence-electron chi connectivity index (χ3n) is 5.50. The number of ether oxygens (including phenoxy) is 2. The highest BCUT2D eigenvalue weighted by atomic mass is 32.2. The Morgan fingerprint density at radius 3 is 2.74 bits per heavy atom. The Morgan fingerprint density at radius 2 is 1.85 bits per heavy atom. The Hall–Kier alpha value is -4.05. The van der Waals surface area contributed by atoms with E-state index in [-0.39, 0.29) is 23.2 Å². The molecule has 0 radical (unpaired) electrons. The van der Waals surface area contributed by atoms with Gasteiger partial charge in [-0.05, 0) is 49.4 Å². The lowest BCUT2D eigenvalue weighted by atomic mass is 10.2. The number of sulfonamides is 1. The highest BCUT2D eigenvalue weighted by molar-refractivity contribution is 7.92. The van der Waals surface area contributed by atoms with Crippen LogP contribution in [0.3, 0.4) is 0 Å². The summed E-state index contributed by atoms with van der Waals surface area (Å²) in [5, 5.41) is 2.85. The molecule has 3 aromatic carbocycles. The van der Waals surface area contributed by atoms with Crippen molar-refractivity contribution in [3.05, 3.63) is 78.1 Å². The molecule has 34 heavy (non-hydrogen) atoms. The number of hydrogen-bond acceptors (Lipinski definition) is 6. The van der Waals surface area contributed by atoms with Crippen LogP contribution in [0.2, 0.25) is 0 Å². The van der Waals surface area contributed by atoms with Gasteiger partial charge in [-0.2, -0.15) is 0 Å². The summed E-state index contributed by atoms with van der Waals surface area (Å²) < 4.78 is 40.8. The summed E-state index contributed by atoms with van der Waals surface area (Å²) in [5.41, 5.74) is 2.49. The number of hydrogen-bond donors (Lipinski definition) is 2. The normalized spacial score (nSPS) is 12.6. The minimum atomic E-state index is -3.91. The zero-order chi connectivity index (χ0) is 23.7. The van der Waals surface area contributed by atoms with E-state index in [9.17, 15) is 13.2 Å². The SMILES string of the molecule is Cc1nc2ccccc2n1CCNC(=O)c1cccc(S(=O)(=O)Nc2ccc3c(c2)OCO3)c1. The number of carbonyl (C=O) groups excluding carboxylic acids is 1. The van der Waals surface area contributed by atoms with Crippen LogP contribution in [0.4, 0.5) is 5.69 Å². The zero-order valence-corrected chi connectivity index (χ0v) is 19.1. The van der Waals surface area contributed by atoms with Crippen LogP contribution in [-0.4, -0.2) is 37.2 Å². The van der Waals surface area contributed by atoms with Crippen molar-refractivity contribution in [2.24, 2.45) is 0 Å². The van der Waals surface area contributed by atoms with Crippen LogP contribution in [0.15, 0.2) is 71.6 Å². The maximum absolute atomic E-state index is 12.9. The number of para-hydroxylation sites is 2. The minimum Gasteiger partial charge on any atom is -0.454 e. The summed E-state index contributed by atoms with van der Waals surface area (Å²) in [4.78, 5) is 17.2. The third kappa shape index (κ3) is 4.27. The highest BCUT2D eigenvalue weighted by Crippen LogP contribution is 2.34. The van der Waals surface area contributed by atoms with Gasteiger partial charge in [-0.1, -0.05) is 18.2 Å². The summed E-state index contributed by atoms with van der Waals surface area (Å²) in [6.45, 7) is 2.93. The fourth-order valence-electron chi connectivity index (χ4n) is 3.84. The van der Waals surface area contributed by atoms with E-state index in [2.05, 4.69) is 15.0 Å². The average Bonchev–Trinajstić information content (AvgIpc) is 3.42. The number of amides is 1. The van der Waals surface area contributed by atoms with Crippen molar-refractivity contribution >= 4 is 32.7 Å². The quantitative estimate of drug-likeness (QED) is 0.422. The van der Waals surface area contributed by atoms with Gasteiger partial charge < -0.3 is 19.4 Å². The van der Waals surface area contributed by atoms with E-state index in [0.29, 0.717) is 30.3 Å². The van der Waals surface area contributed by atoms with Crippen LogP contribution < -0.4 is 19.5 Å². The summed E-state index contributed by atoms with van der Waals surface area (Å²) in [7, 11) is -3.91. The molecule has 1 amide bonds. The Labute approximate surface area is 196 Å². The first kappa shape index (κ1) is 21.8. The number of anilines is 1. The Balaban J connectivity index is 1.26. The molecule has 0 saturated heterocycles. The predicted molar refractivity (Wildman–Crippen MR) is 127 cm³/mol. The second-order valence-electron chi connectivity index (χ2n) is 7.76. The first-order valence-electron chi connectivity index (χ1n) is 10.6. The van der Waals surface area contributed by atoms with E-state index in [1.165, 1.54) is 18.2 Å². The fourth-order valence-corrected chi connectivity index (χ4v) is 4.94. The lowest BCUT2D eigenvalue weighted by Gasteiger charge is -2.11.